The Morgan fingerprint density at radius 2 is 0.937 bits per heavy atom. The van der Waals surface area contributed by atoms with E-state index in [-0.39, 0.29) is 5.41 Å². The van der Waals surface area contributed by atoms with Gasteiger partial charge in [0.2, 0.25) is 0 Å². The van der Waals surface area contributed by atoms with Crippen LogP contribution >= 0.6 is 0 Å². The van der Waals surface area contributed by atoms with Gasteiger partial charge in [0, 0.05) is 22.1 Å². The normalized spacial score (nSPS) is 21.5. The summed E-state index contributed by atoms with van der Waals surface area (Å²) in [4.78, 5) is 16.2. The van der Waals surface area contributed by atoms with E-state index < -0.39 is 0 Å². The standard InChI is InChI=1S/C60H49N3/c1-59(2)54-15-9-8-14-51(54)52-32-47(42-22-25-48(26-23-42)60-34-37-28-38(35-60)30-39(29-37)36-60)33-53(55(52)59)58-62-56(44-19-16-41(17-20-44)40-10-4-3-5-11-40)61-57(63-58)46-24-27-50-45(31-46)21-18-43-12-6-7-13-49(43)50/h3-27,31-33,37-39H,28-30,34-36H2,1-2H3. The highest BCUT2D eigenvalue weighted by atomic mass is 15.0. The molecule has 4 fully saturated rings. The second kappa shape index (κ2) is 13.9. The van der Waals surface area contributed by atoms with Crippen LogP contribution in [0.15, 0.2) is 170 Å². The zero-order valence-corrected chi connectivity index (χ0v) is 36.0. The van der Waals surface area contributed by atoms with Crippen molar-refractivity contribution in [2.75, 3.05) is 0 Å². The molecule has 3 nitrogen and oxygen atoms in total. The van der Waals surface area contributed by atoms with Crippen LogP contribution in [0.3, 0.4) is 0 Å². The topological polar surface area (TPSA) is 38.7 Å². The number of rotatable bonds is 6. The first-order valence-electron chi connectivity index (χ1n) is 23.1. The number of fused-ring (bicyclic) bond motifs is 6. The fraction of sp³-hybridized carbons (Fsp3) is 0.217. The average Bonchev–Trinajstić information content (AvgIpc) is 3.56. The van der Waals surface area contributed by atoms with Gasteiger partial charge in [-0.1, -0.05) is 166 Å². The van der Waals surface area contributed by atoms with Crippen molar-refractivity contribution >= 4 is 21.5 Å². The van der Waals surface area contributed by atoms with Crippen molar-refractivity contribution in [2.45, 2.75) is 63.2 Å². The first kappa shape index (κ1) is 36.9. The second-order valence-corrected chi connectivity index (χ2v) is 19.9. The summed E-state index contributed by atoms with van der Waals surface area (Å²) in [6.45, 7) is 4.72. The number of hydrogen-bond acceptors (Lipinski definition) is 3. The number of hydrogen-bond donors (Lipinski definition) is 0. The van der Waals surface area contributed by atoms with Crippen LogP contribution in [0.1, 0.15) is 69.1 Å². The lowest BCUT2D eigenvalue weighted by molar-refractivity contribution is -0.00518. The summed E-state index contributed by atoms with van der Waals surface area (Å²) < 4.78 is 0. The molecular weight excluding hydrogens is 763 g/mol. The van der Waals surface area contributed by atoms with E-state index in [1.165, 1.54) is 99.0 Å². The van der Waals surface area contributed by atoms with Crippen LogP contribution in [0.5, 0.6) is 0 Å². The van der Waals surface area contributed by atoms with E-state index in [0.717, 1.165) is 40.0 Å². The van der Waals surface area contributed by atoms with Gasteiger partial charge in [0.15, 0.2) is 17.5 Å². The summed E-state index contributed by atoms with van der Waals surface area (Å²) in [5, 5.41) is 4.87. The van der Waals surface area contributed by atoms with Crippen LogP contribution in [0.4, 0.5) is 0 Å². The third-order valence-electron chi connectivity index (χ3n) is 15.7. The molecule has 5 aliphatic rings. The van der Waals surface area contributed by atoms with Gasteiger partial charge in [-0.3, -0.25) is 0 Å². The molecule has 63 heavy (non-hydrogen) atoms. The van der Waals surface area contributed by atoms with Gasteiger partial charge >= 0.3 is 0 Å². The molecule has 9 aromatic rings. The molecule has 8 aromatic carbocycles. The van der Waals surface area contributed by atoms with Crippen LogP contribution in [-0.2, 0) is 10.8 Å². The third-order valence-corrected chi connectivity index (χ3v) is 15.7. The highest BCUT2D eigenvalue weighted by molar-refractivity contribution is 6.08. The molecule has 0 radical (unpaired) electrons. The van der Waals surface area contributed by atoms with E-state index in [1.807, 2.05) is 0 Å². The van der Waals surface area contributed by atoms with Gasteiger partial charge in [0.1, 0.15) is 0 Å². The molecule has 0 saturated heterocycles. The maximum atomic E-state index is 5.47. The van der Waals surface area contributed by atoms with E-state index in [1.54, 1.807) is 5.56 Å². The Morgan fingerprint density at radius 1 is 0.397 bits per heavy atom. The highest BCUT2D eigenvalue weighted by Gasteiger charge is 2.51. The fourth-order valence-electron chi connectivity index (χ4n) is 13.1. The summed E-state index contributed by atoms with van der Waals surface area (Å²) in [6.07, 6.45) is 8.51. The Hall–Kier alpha value is -6.71. The Morgan fingerprint density at radius 3 is 1.70 bits per heavy atom. The number of benzene rings is 8. The lowest BCUT2D eigenvalue weighted by atomic mass is 9.48. The van der Waals surface area contributed by atoms with Gasteiger partial charge in [0.25, 0.3) is 0 Å². The number of aromatic nitrogens is 3. The van der Waals surface area contributed by atoms with Crippen molar-refractivity contribution in [3.8, 4) is 67.5 Å². The Balaban J connectivity index is 0.991. The van der Waals surface area contributed by atoms with Crippen molar-refractivity contribution in [1.82, 2.24) is 15.0 Å². The zero-order chi connectivity index (χ0) is 41.9. The lowest BCUT2D eigenvalue weighted by Crippen LogP contribution is -2.48. The van der Waals surface area contributed by atoms with Gasteiger partial charge < -0.3 is 0 Å². The monoisotopic (exact) mass is 811 g/mol. The van der Waals surface area contributed by atoms with Gasteiger partial charge in [-0.2, -0.15) is 0 Å². The molecule has 1 heterocycles. The van der Waals surface area contributed by atoms with Crippen LogP contribution in [0.25, 0.3) is 89.1 Å². The van der Waals surface area contributed by atoms with E-state index in [0.29, 0.717) is 22.9 Å². The third kappa shape index (κ3) is 5.96. The summed E-state index contributed by atoms with van der Waals surface area (Å²) in [5.41, 5.74) is 14.6. The van der Waals surface area contributed by atoms with Crippen molar-refractivity contribution in [1.29, 1.82) is 0 Å². The molecule has 4 bridgehead atoms. The van der Waals surface area contributed by atoms with E-state index in [4.69, 9.17) is 15.0 Å². The molecule has 0 atom stereocenters. The van der Waals surface area contributed by atoms with Crippen molar-refractivity contribution < 1.29 is 0 Å². The molecule has 4 saturated carbocycles. The van der Waals surface area contributed by atoms with Crippen LogP contribution in [0, 0.1) is 17.8 Å². The predicted molar refractivity (Wildman–Crippen MR) is 259 cm³/mol. The molecule has 0 aliphatic heterocycles. The molecule has 0 amide bonds. The minimum atomic E-state index is -0.267. The highest BCUT2D eigenvalue weighted by Crippen LogP contribution is 2.61. The van der Waals surface area contributed by atoms with E-state index >= 15 is 0 Å². The molecular formula is C60H49N3. The largest absolute Gasteiger partial charge is 0.208 e. The van der Waals surface area contributed by atoms with Crippen LogP contribution < -0.4 is 0 Å². The average molecular weight is 812 g/mol. The van der Waals surface area contributed by atoms with Gasteiger partial charge in [-0.15, -0.1) is 0 Å². The fourth-order valence-corrected chi connectivity index (χ4v) is 13.1. The molecule has 14 rings (SSSR count). The quantitative estimate of drug-likeness (QED) is 0.157. The lowest BCUT2D eigenvalue weighted by Gasteiger charge is -2.57. The number of nitrogens with zero attached hydrogens (tertiary/aromatic N) is 3. The van der Waals surface area contributed by atoms with Gasteiger partial charge in [0.05, 0.1) is 0 Å². The molecule has 0 unspecified atom stereocenters. The van der Waals surface area contributed by atoms with Crippen molar-refractivity contribution in [2.24, 2.45) is 17.8 Å². The first-order valence-corrected chi connectivity index (χ1v) is 23.1. The summed E-state index contributed by atoms with van der Waals surface area (Å²) in [6, 6.07) is 62.5. The molecule has 5 aliphatic carbocycles. The summed E-state index contributed by atoms with van der Waals surface area (Å²) in [5.74, 6) is 4.80. The minimum absolute atomic E-state index is 0.267. The van der Waals surface area contributed by atoms with E-state index in [2.05, 4.69) is 184 Å². The van der Waals surface area contributed by atoms with Gasteiger partial charge in [-0.25, -0.2) is 15.0 Å². The molecule has 0 spiro atoms. The molecule has 0 N–H and O–H groups in total. The Labute approximate surface area is 370 Å². The Kier molecular flexibility index (Phi) is 8.14. The Bertz CT molecular complexity index is 3230. The van der Waals surface area contributed by atoms with Gasteiger partial charge in [-0.05, 0) is 152 Å². The maximum Gasteiger partial charge on any atom is 0.164 e. The molecule has 1 aromatic heterocycles. The van der Waals surface area contributed by atoms with Crippen LogP contribution in [-0.4, -0.2) is 15.0 Å². The first-order chi connectivity index (χ1) is 30.8. The van der Waals surface area contributed by atoms with Crippen LogP contribution in [0.2, 0.25) is 0 Å². The van der Waals surface area contributed by atoms with E-state index in [9.17, 15) is 0 Å². The zero-order valence-electron chi connectivity index (χ0n) is 36.0. The second-order valence-electron chi connectivity index (χ2n) is 19.9. The molecule has 304 valence electrons. The maximum absolute atomic E-state index is 5.47. The predicted octanol–water partition coefficient (Wildman–Crippen LogP) is 15.3. The van der Waals surface area contributed by atoms with Crippen molar-refractivity contribution in [3.63, 3.8) is 0 Å². The van der Waals surface area contributed by atoms with Crippen molar-refractivity contribution in [3.05, 3.63) is 187 Å². The molecule has 3 heteroatoms. The summed E-state index contributed by atoms with van der Waals surface area (Å²) >= 11 is 0. The minimum Gasteiger partial charge on any atom is -0.208 e. The SMILES string of the molecule is CC1(C)c2ccccc2-c2cc(-c3ccc(C45CC6CC(CC(C6)C4)C5)cc3)cc(-c3nc(-c4ccc(-c5ccccc5)cc4)nc(-c4ccc5c(ccc6ccccc65)c4)n3)c21. The summed E-state index contributed by atoms with van der Waals surface area (Å²) in [7, 11) is 0. The smallest absolute Gasteiger partial charge is 0.164 e.